The normalized spacial score (nSPS) is 9.50. The third-order valence-electron chi connectivity index (χ3n) is 1.59. The van der Waals surface area contributed by atoms with E-state index < -0.39 is 0 Å². The lowest BCUT2D eigenvalue weighted by Gasteiger charge is -1.97. The van der Waals surface area contributed by atoms with Gasteiger partial charge in [0.15, 0.2) is 11.6 Å². The van der Waals surface area contributed by atoms with Crippen molar-refractivity contribution in [3.8, 4) is 0 Å². The first-order valence-corrected chi connectivity index (χ1v) is 3.65. The summed E-state index contributed by atoms with van der Waals surface area (Å²) in [6, 6.07) is 7.56. The lowest BCUT2D eigenvalue weighted by atomic mass is 10.1. The minimum Gasteiger partial charge on any atom is -0.295 e. The molecule has 0 unspecified atom stereocenters. The fourth-order valence-corrected chi connectivity index (χ4v) is 0.889. The smallest absolute Gasteiger partial charge is 0.160 e. The molecule has 0 atom stereocenters. The Balaban J connectivity index is 3.12. The maximum absolute atomic E-state index is 10.9. The summed E-state index contributed by atoms with van der Waals surface area (Å²) in [7, 11) is 0. The molecular weight excluding hydrogens is 152 g/mol. The van der Waals surface area contributed by atoms with Crippen LogP contribution in [-0.2, 0) is 0 Å². The number of benzene rings is 1. The molecule has 0 N–H and O–H groups in total. The molecule has 61 valence electrons. The maximum Gasteiger partial charge on any atom is 0.160 e. The molecule has 0 bridgehead atoms. The van der Waals surface area contributed by atoms with Crippen molar-refractivity contribution in [1.82, 2.24) is 0 Å². The average Bonchev–Trinajstić information content (AvgIpc) is 2.04. The van der Waals surface area contributed by atoms with E-state index in [2.05, 4.69) is 6.07 Å². The van der Waals surface area contributed by atoms with Crippen LogP contribution < -0.4 is 0 Å². The summed E-state index contributed by atoms with van der Waals surface area (Å²) in [5, 5.41) is 0. The Morgan fingerprint density at radius 2 is 1.92 bits per heavy atom. The van der Waals surface area contributed by atoms with Crippen LogP contribution in [0, 0.1) is 6.07 Å². The van der Waals surface area contributed by atoms with Crippen molar-refractivity contribution in [3.05, 3.63) is 35.4 Å². The number of carbonyl (C=O) groups excluding carboxylic acids is 2. The molecule has 2 heteroatoms. The van der Waals surface area contributed by atoms with E-state index in [0.717, 1.165) is 0 Å². The van der Waals surface area contributed by atoms with Gasteiger partial charge in [0.2, 0.25) is 0 Å². The molecule has 0 fully saturated rings. The van der Waals surface area contributed by atoms with Gasteiger partial charge in [-0.25, -0.2) is 0 Å². The highest BCUT2D eigenvalue weighted by Crippen LogP contribution is 2.05. The highest BCUT2D eigenvalue weighted by molar-refractivity contribution is 5.99. The minimum atomic E-state index is -0.0712. The summed E-state index contributed by atoms with van der Waals surface area (Å²) >= 11 is 0. The zero-order valence-electron chi connectivity index (χ0n) is 7.05. The summed E-state index contributed by atoms with van der Waals surface area (Å²) in [5.41, 5.74) is 1.02. The van der Waals surface area contributed by atoms with Crippen molar-refractivity contribution >= 4 is 11.6 Å². The molecule has 0 saturated carbocycles. The van der Waals surface area contributed by atoms with Gasteiger partial charge in [-0.15, -0.1) is 0 Å². The van der Waals surface area contributed by atoms with E-state index in [1.54, 1.807) is 18.2 Å². The molecule has 0 aliphatic rings. The van der Waals surface area contributed by atoms with Crippen LogP contribution in [0.3, 0.4) is 0 Å². The lowest BCUT2D eigenvalue weighted by molar-refractivity contribution is 0.101. The van der Waals surface area contributed by atoms with Crippen LogP contribution in [0.25, 0.3) is 0 Å². The van der Waals surface area contributed by atoms with E-state index in [-0.39, 0.29) is 11.6 Å². The van der Waals surface area contributed by atoms with Gasteiger partial charge in [-0.05, 0) is 26.0 Å². The summed E-state index contributed by atoms with van der Waals surface area (Å²) in [6.45, 7) is 2.93. The Labute approximate surface area is 71.2 Å². The quantitative estimate of drug-likeness (QED) is 0.621. The summed E-state index contributed by atoms with van der Waals surface area (Å²) in [5.74, 6) is -0.107. The van der Waals surface area contributed by atoms with Crippen LogP contribution in [0.4, 0.5) is 0 Å². The average molecular weight is 161 g/mol. The van der Waals surface area contributed by atoms with Gasteiger partial charge in [0.05, 0.1) is 0 Å². The summed E-state index contributed by atoms with van der Waals surface area (Å²) in [4.78, 5) is 21.8. The molecule has 0 spiro atoms. The van der Waals surface area contributed by atoms with Crippen LogP contribution in [0.1, 0.15) is 34.6 Å². The van der Waals surface area contributed by atoms with Crippen LogP contribution >= 0.6 is 0 Å². The van der Waals surface area contributed by atoms with Crippen molar-refractivity contribution in [3.63, 3.8) is 0 Å². The second kappa shape index (κ2) is 3.30. The van der Waals surface area contributed by atoms with Gasteiger partial charge in [0, 0.05) is 11.1 Å². The first-order valence-electron chi connectivity index (χ1n) is 3.65. The third kappa shape index (κ3) is 1.78. The molecule has 0 aliphatic carbocycles. The highest BCUT2D eigenvalue weighted by atomic mass is 16.1. The molecule has 0 aromatic heterocycles. The maximum atomic E-state index is 10.9. The van der Waals surface area contributed by atoms with Crippen LogP contribution in [0.2, 0.25) is 0 Å². The van der Waals surface area contributed by atoms with Crippen molar-refractivity contribution < 1.29 is 9.59 Å². The topological polar surface area (TPSA) is 34.1 Å². The molecule has 1 radical (unpaired) electrons. The fraction of sp³-hybridized carbons (Fsp3) is 0.200. The number of Topliss-reactive ketones (excluding diaryl/α,β-unsaturated/α-hetero) is 2. The molecule has 0 saturated heterocycles. The van der Waals surface area contributed by atoms with Gasteiger partial charge in [0.25, 0.3) is 0 Å². The molecule has 2 nitrogen and oxygen atoms in total. The Hall–Kier alpha value is -1.44. The molecular formula is C10H9O2. The SMILES string of the molecule is CC(=O)c1[c]ccc(C(C)=O)c1. The Kier molecular flexibility index (Phi) is 2.38. The predicted molar refractivity (Wildman–Crippen MR) is 45.3 cm³/mol. The van der Waals surface area contributed by atoms with Crippen LogP contribution in [0.5, 0.6) is 0 Å². The van der Waals surface area contributed by atoms with Crippen molar-refractivity contribution in [2.45, 2.75) is 13.8 Å². The molecule has 1 aromatic carbocycles. The number of carbonyl (C=O) groups is 2. The van der Waals surface area contributed by atoms with E-state index in [0.29, 0.717) is 11.1 Å². The van der Waals surface area contributed by atoms with Crippen molar-refractivity contribution in [1.29, 1.82) is 0 Å². The van der Waals surface area contributed by atoms with Gasteiger partial charge < -0.3 is 0 Å². The van der Waals surface area contributed by atoms with Crippen molar-refractivity contribution in [2.75, 3.05) is 0 Å². The summed E-state index contributed by atoms with van der Waals surface area (Å²) in [6.07, 6.45) is 0. The van der Waals surface area contributed by atoms with Gasteiger partial charge in [-0.3, -0.25) is 9.59 Å². The van der Waals surface area contributed by atoms with Crippen LogP contribution in [-0.4, -0.2) is 11.6 Å². The second-order valence-corrected chi connectivity index (χ2v) is 2.60. The van der Waals surface area contributed by atoms with E-state index >= 15 is 0 Å². The minimum absolute atomic E-state index is 0.0356. The largest absolute Gasteiger partial charge is 0.295 e. The Bertz CT molecular complexity index is 297. The fourth-order valence-electron chi connectivity index (χ4n) is 0.889. The number of hydrogen-bond donors (Lipinski definition) is 0. The van der Waals surface area contributed by atoms with E-state index in [4.69, 9.17) is 0 Å². The van der Waals surface area contributed by atoms with E-state index in [9.17, 15) is 9.59 Å². The van der Waals surface area contributed by atoms with E-state index in [1.807, 2.05) is 0 Å². The second-order valence-electron chi connectivity index (χ2n) is 2.60. The molecule has 12 heavy (non-hydrogen) atoms. The number of hydrogen-bond acceptors (Lipinski definition) is 2. The standard InChI is InChI=1S/C10H9O2/c1-7(11)9-4-3-5-10(6-9)8(2)12/h3-4,6H,1-2H3. The Morgan fingerprint density at radius 3 is 2.42 bits per heavy atom. The first-order chi connectivity index (χ1) is 5.61. The van der Waals surface area contributed by atoms with Gasteiger partial charge in [-0.1, -0.05) is 12.1 Å². The number of ketones is 2. The highest BCUT2D eigenvalue weighted by Gasteiger charge is 2.02. The first kappa shape index (κ1) is 8.65. The molecule has 0 aliphatic heterocycles. The molecule has 1 rings (SSSR count). The Morgan fingerprint density at radius 1 is 1.25 bits per heavy atom. The lowest BCUT2D eigenvalue weighted by Crippen LogP contribution is -1.97. The van der Waals surface area contributed by atoms with Crippen LogP contribution in [0.15, 0.2) is 18.2 Å². The van der Waals surface area contributed by atoms with Crippen molar-refractivity contribution in [2.24, 2.45) is 0 Å². The zero-order valence-corrected chi connectivity index (χ0v) is 7.05. The summed E-state index contributed by atoms with van der Waals surface area (Å²) < 4.78 is 0. The molecule has 1 aromatic rings. The van der Waals surface area contributed by atoms with Gasteiger partial charge in [-0.2, -0.15) is 0 Å². The molecule has 0 amide bonds. The number of rotatable bonds is 2. The van der Waals surface area contributed by atoms with E-state index in [1.165, 1.54) is 13.8 Å². The monoisotopic (exact) mass is 161 g/mol. The predicted octanol–water partition coefficient (Wildman–Crippen LogP) is 1.89. The van der Waals surface area contributed by atoms with Gasteiger partial charge >= 0.3 is 0 Å². The third-order valence-corrected chi connectivity index (χ3v) is 1.59. The molecule has 0 heterocycles. The zero-order chi connectivity index (χ0) is 9.14. The van der Waals surface area contributed by atoms with Gasteiger partial charge in [0.1, 0.15) is 0 Å².